The fourth-order valence-electron chi connectivity index (χ4n) is 2.17. The lowest BCUT2D eigenvalue weighted by Crippen LogP contribution is -2.17. The Morgan fingerprint density at radius 3 is 2.33 bits per heavy atom. The molecule has 5 nitrogen and oxygen atoms in total. The van der Waals surface area contributed by atoms with E-state index in [1.54, 1.807) is 14.2 Å². The average Bonchev–Trinajstić information content (AvgIpc) is 2.46. The highest BCUT2D eigenvalue weighted by Crippen LogP contribution is 2.37. The highest BCUT2D eigenvalue weighted by atomic mass is 79.9. The molecule has 2 N–H and O–H groups in total. The Balaban J connectivity index is 2.86. The molecule has 1 aromatic rings. The summed E-state index contributed by atoms with van der Waals surface area (Å²) in [7, 11) is 4.56. The first-order valence-electron chi connectivity index (χ1n) is 6.66. The van der Waals surface area contributed by atoms with E-state index in [9.17, 15) is 4.79 Å². The zero-order valence-electron chi connectivity index (χ0n) is 12.8. The van der Waals surface area contributed by atoms with Gasteiger partial charge in [0.1, 0.15) is 0 Å². The van der Waals surface area contributed by atoms with E-state index in [1.807, 2.05) is 19.1 Å². The number of ether oxygens (including phenoxy) is 3. The summed E-state index contributed by atoms with van der Waals surface area (Å²) in [5.74, 6) is 1.18. The quantitative estimate of drug-likeness (QED) is 0.757. The summed E-state index contributed by atoms with van der Waals surface area (Å²) < 4.78 is 16.1. The van der Waals surface area contributed by atoms with Crippen LogP contribution in [0.5, 0.6) is 11.5 Å². The van der Waals surface area contributed by atoms with Crippen molar-refractivity contribution in [1.82, 2.24) is 0 Å². The molecule has 0 bridgehead atoms. The van der Waals surface area contributed by atoms with Crippen molar-refractivity contribution in [3.8, 4) is 11.5 Å². The molecule has 0 aliphatic rings. The third-order valence-corrected chi connectivity index (χ3v) is 3.99. The van der Waals surface area contributed by atoms with Crippen molar-refractivity contribution in [3.05, 3.63) is 22.2 Å². The van der Waals surface area contributed by atoms with Crippen LogP contribution in [-0.4, -0.2) is 27.3 Å². The Bertz CT molecular complexity index is 493. The van der Waals surface area contributed by atoms with Crippen molar-refractivity contribution < 1.29 is 19.0 Å². The molecule has 0 amide bonds. The molecule has 0 radical (unpaired) electrons. The third kappa shape index (κ3) is 4.89. The molecule has 1 aromatic carbocycles. The number of hydrogen-bond acceptors (Lipinski definition) is 5. The fraction of sp³-hybridized carbons (Fsp3) is 0.533. The molecule has 0 aliphatic heterocycles. The van der Waals surface area contributed by atoms with Gasteiger partial charge in [0.05, 0.1) is 21.3 Å². The number of hydrogen-bond donors (Lipinski definition) is 1. The van der Waals surface area contributed by atoms with Crippen LogP contribution in [0.25, 0.3) is 0 Å². The lowest BCUT2D eigenvalue weighted by Gasteiger charge is -2.20. The van der Waals surface area contributed by atoms with Gasteiger partial charge >= 0.3 is 5.97 Å². The summed E-state index contributed by atoms with van der Waals surface area (Å²) in [5, 5.41) is 0. The molecule has 0 aromatic heterocycles. The SMILES string of the molecule is COC(=O)CC(C)CC(N)c1cc(OC)c(OC)cc1Br. The maximum absolute atomic E-state index is 11.3. The number of carbonyl (C=O) groups excluding carboxylic acids is 1. The minimum atomic E-state index is -0.221. The average molecular weight is 360 g/mol. The largest absolute Gasteiger partial charge is 0.493 e. The van der Waals surface area contributed by atoms with E-state index >= 15 is 0 Å². The molecule has 21 heavy (non-hydrogen) atoms. The zero-order chi connectivity index (χ0) is 16.0. The highest BCUT2D eigenvalue weighted by molar-refractivity contribution is 9.10. The third-order valence-electron chi connectivity index (χ3n) is 3.30. The van der Waals surface area contributed by atoms with E-state index in [0.717, 1.165) is 10.0 Å². The van der Waals surface area contributed by atoms with Crippen LogP contribution in [0, 0.1) is 5.92 Å². The maximum atomic E-state index is 11.3. The van der Waals surface area contributed by atoms with Crippen molar-refractivity contribution in [2.45, 2.75) is 25.8 Å². The van der Waals surface area contributed by atoms with Crippen molar-refractivity contribution in [2.75, 3.05) is 21.3 Å². The van der Waals surface area contributed by atoms with Crippen LogP contribution in [0.3, 0.4) is 0 Å². The van der Waals surface area contributed by atoms with E-state index in [-0.39, 0.29) is 17.9 Å². The van der Waals surface area contributed by atoms with Gasteiger partial charge in [-0.15, -0.1) is 0 Å². The van der Waals surface area contributed by atoms with Crippen LogP contribution in [0.15, 0.2) is 16.6 Å². The monoisotopic (exact) mass is 359 g/mol. The molecule has 0 fully saturated rings. The van der Waals surface area contributed by atoms with Crippen LogP contribution in [0.4, 0.5) is 0 Å². The molecule has 6 heteroatoms. The number of carbonyl (C=O) groups is 1. The number of methoxy groups -OCH3 is 3. The standard InChI is InChI=1S/C15H22BrNO4/c1-9(6-15(18)21-4)5-12(17)10-7-13(19-2)14(20-3)8-11(10)16/h7-9,12H,5-6,17H2,1-4H3. The van der Waals surface area contributed by atoms with Crippen molar-refractivity contribution in [3.63, 3.8) is 0 Å². The van der Waals surface area contributed by atoms with Gasteiger partial charge in [-0.3, -0.25) is 4.79 Å². The lowest BCUT2D eigenvalue weighted by molar-refractivity contribution is -0.141. The molecule has 2 unspecified atom stereocenters. The van der Waals surface area contributed by atoms with Gasteiger partial charge in [-0.25, -0.2) is 0 Å². The number of halogens is 1. The number of rotatable bonds is 7. The molecular weight excluding hydrogens is 338 g/mol. The Morgan fingerprint density at radius 2 is 1.81 bits per heavy atom. The second-order valence-electron chi connectivity index (χ2n) is 4.96. The van der Waals surface area contributed by atoms with Gasteiger partial charge in [0.2, 0.25) is 0 Å². The summed E-state index contributed by atoms with van der Waals surface area (Å²) in [6.45, 7) is 1.98. The van der Waals surface area contributed by atoms with Crippen molar-refractivity contribution in [2.24, 2.45) is 11.7 Å². The summed E-state index contributed by atoms with van der Waals surface area (Å²) in [4.78, 5) is 11.3. The van der Waals surface area contributed by atoms with Gasteiger partial charge in [-0.2, -0.15) is 0 Å². The molecular formula is C15H22BrNO4. The molecule has 0 saturated carbocycles. The van der Waals surface area contributed by atoms with Crippen LogP contribution >= 0.6 is 15.9 Å². The van der Waals surface area contributed by atoms with E-state index in [2.05, 4.69) is 20.7 Å². The topological polar surface area (TPSA) is 70.8 Å². The van der Waals surface area contributed by atoms with E-state index in [0.29, 0.717) is 24.3 Å². The first-order valence-corrected chi connectivity index (χ1v) is 7.46. The Kier molecular flexibility index (Phi) is 6.98. The van der Waals surface area contributed by atoms with Gasteiger partial charge in [-0.05, 0) is 30.0 Å². The predicted molar refractivity (Wildman–Crippen MR) is 84.6 cm³/mol. The van der Waals surface area contributed by atoms with E-state index in [1.165, 1.54) is 7.11 Å². The molecule has 118 valence electrons. The smallest absolute Gasteiger partial charge is 0.305 e. The molecule has 0 aliphatic carbocycles. The van der Waals surface area contributed by atoms with E-state index in [4.69, 9.17) is 15.2 Å². The molecule has 2 atom stereocenters. The van der Waals surface area contributed by atoms with Crippen molar-refractivity contribution in [1.29, 1.82) is 0 Å². The maximum Gasteiger partial charge on any atom is 0.305 e. The predicted octanol–water partition coefficient (Wildman–Crippen LogP) is 3.06. The van der Waals surface area contributed by atoms with Gasteiger partial charge < -0.3 is 19.9 Å². The highest BCUT2D eigenvalue weighted by Gasteiger charge is 2.19. The molecule has 0 heterocycles. The van der Waals surface area contributed by atoms with Crippen LogP contribution in [-0.2, 0) is 9.53 Å². The summed E-state index contributed by atoms with van der Waals surface area (Å²) in [5.41, 5.74) is 7.17. The van der Waals surface area contributed by atoms with Crippen LogP contribution < -0.4 is 15.2 Å². The van der Waals surface area contributed by atoms with Gasteiger partial charge in [0.25, 0.3) is 0 Å². The fourth-order valence-corrected chi connectivity index (χ4v) is 2.78. The summed E-state index contributed by atoms with van der Waals surface area (Å²) in [6.07, 6.45) is 1.03. The Morgan fingerprint density at radius 1 is 1.24 bits per heavy atom. The second-order valence-corrected chi connectivity index (χ2v) is 5.81. The van der Waals surface area contributed by atoms with E-state index < -0.39 is 0 Å². The van der Waals surface area contributed by atoms with Crippen molar-refractivity contribution >= 4 is 21.9 Å². The first kappa shape index (κ1) is 17.8. The summed E-state index contributed by atoms with van der Waals surface area (Å²) in [6, 6.07) is 3.48. The molecule has 1 rings (SSSR count). The van der Waals surface area contributed by atoms with Gasteiger partial charge in [-0.1, -0.05) is 22.9 Å². The first-order chi connectivity index (χ1) is 9.92. The number of benzene rings is 1. The lowest BCUT2D eigenvalue weighted by atomic mass is 9.94. The molecule has 0 spiro atoms. The van der Waals surface area contributed by atoms with Gasteiger partial charge in [0, 0.05) is 16.9 Å². The zero-order valence-corrected chi connectivity index (χ0v) is 14.4. The second kappa shape index (κ2) is 8.24. The normalized spacial score (nSPS) is 13.4. The molecule has 0 saturated heterocycles. The van der Waals surface area contributed by atoms with Crippen LogP contribution in [0.1, 0.15) is 31.4 Å². The number of esters is 1. The Hall–Kier alpha value is -1.27. The number of nitrogens with two attached hydrogens (primary N) is 1. The Labute approximate surface area is 133 Å². The van der Waals surface area contributed by atoms with Gasteiger partial charge in [0.15, 0.2) is 11.5 Å². The minimum absolute atomic E-state index is 0.132. The van der Waals surface area contributed by atoms with Crippen LogP contribution in [0.2, 0.25) is 0 Å². The minimum Gasteiger partial charge on any atom is -0.493 e. The summed E-state index contributed by atoms with van der Waals surface area (Å²) >= 11 is 3.50.